The van der Waals surface area contributed by atoms with Gasteiger partial charge in [-0.3, -0.25) is 9.48 Å². The molecule has 0 radical (unpaired) electrons. The van der Waals surface area contributed by atoms with E-state index in [2.05, 4.69) is 9.82 Å². The van der Waals surface area contributed by atoms with E-state index in [0.717, 1.165) is 0 Å². The van der Waals surface area contributed by atoms with Gasteiger partial charge in [0.1, 0.15) is 4.90 Å². The molecule has 0 saturated carbocycles. The van der Waals surface area contributed by atoms with Gasteiger partial charge >= 0.3 is 5.97 Å². The zero-order valence-corrected chi connectivity index (χ0v) is 12.0. The summed E-state index contributed by atoms with van der Waals surface area (Å²) >= 11 is 0. The Morgan fingerprint density at radius 3 is 2.70 bits per heavy atom. The molecule has 1 aromatic rings. The van der Waals surface area contributed by atoms with Gasteiger partial charge < -0.3 is 5.11 Å². The number of aromatic nitrogens is 2. The summed E-state index contributed by atoms with van der Waals surface area (Å²) < 4.78 is 28.3. The van der Waals surface area contributed by atoms with Crippen LogP contribution in [0, 0.1) is 5.92 Å². The lowest BCUT2D eigenvalue weighted by atomic mass is 10.1. The maximum Gasteiger partial charge on any atom is 0.310 e. The molecule has 1 aliphatic rings. The SMILES string of the molecule is CC(C)n1cc(S(=O)(=O)NC2C=CC(C(=O)O)C2)cn1. The van der Waals surface area contributed by atoms with Crippen molar-refractivity contribution >= 4 is 16.0 Å². The summed E-state index contributed by atoms with van der Waals surface area (Å²) in [5.74, 6) is -1.59. The Balaban J connectivity index is 2.08. The highest BCUT2D eigenvalue weighted by Gasteiger charge is 2.28. The highest BCUT2D eigenvalue weighted by atomic mass is 32.2. The van der Waals surface area contributed by atoms with Crippen LogP contribution in [-0.2, 0) is 14.8 Å². The molecule has 8 heteroatoms. The zero-order chi connectivity index (χ0) is 14.9. The van der Waals surface area contributed by atoms with Gasteiger partial charge in [0.25, 0.3) is 0 Å². The lowest BCUT2D eigenvalue weighted by Gasteiger charge is -2.11. The van der Waals surface area contributed by atoms with Crippen LogP contribution >= 0.6 is 0 Å². The van der Waals surface area contributed by atoms with E-state index < -0.39 is 28.0 Å². The summed E-state index contributed by atoms with van der Waals surface area (Å²) in [5, 5.41) is 12.9. The third-order valence-corrected chi connectivity index (χ3v) is 4.57. The minimum absolute atomic E-state index is 0.0710. The van der Waals surface area contributed by atoms with Gasteiger partial charge in [0.2, 0.25) is 10.0 Å². The summed E-state index contributed by atoms with van der Waals surface area (Å²) in [7, 11) is -3.68. The highest BCUT2D eigenvalue weighted by molar-refractivity contribution is 7.89. The van der Waals surface area contributed by atoms with Crippen molar-refractivity contribution in [3.05, 3.63) is 24.5 Å². The fraction of sp³-hybridized carbons (Fsp3) is 0.500. The molecule has 0 aliphatic heterocycles. The molecule has 0 fully saturated rings. The predicted octanol–water partition coefficient (Wildman–Crippen LogP) is 0.772. The van der Waals surface area contributed by atoms with E-state index >= 15 is 0 Å². The fourth-order valence-corrected chi connectivity index (χ4v) is 3.12. The van der Waals surface area contributed by atoms with Crippen molar-refractivity contribution in [1.29, 1.82) is 0 Å². The molecule has 2 rings (SSSR count). The fourth-order valence-electron chi connectivity index (χ4n) is 1.98. The molecule has 2 atom stereocenters. The van der Waals surface area contributed by atoms with Crippen molar-refractivity contribution in [2.24, 2.45) is 5.92 Å². The number of hydrogen-bond acceptors (Lipinski definition) is 4. The minimum Gasteiger partial charge on any atom is -0.481 e. The van der Waals surface area contributed by atoms with Crippen LogP contribution in [0.5, 0.6) is 0 Å². The summed E-state index contributed by atoms with van der Waals surface area (Å²) in [5.41, 5.74) is 0. The van der Waals surface area contributed by atoms with E-state index in [1.165, 1.54) is 18.5 Å². The molecule has 0 saturated heterocycles. The van der Waals surface area contributed by atoms with Crippen LogP contribution in [-0.4, -0.2) is 35.3 Å². The number of sulfonamides is 1. The van der Waals surface area contributed by atoms with Crippen LogP contribution in [0.1, 0.15) is 26.3 Å². The predicted molar refractivity (Wildman–Crippen MR) is 71.6 cm³/mol. The summed E-state index contributed by atoms with van der Waals surface area (Å²) in [6, 6.07) is -0.426. The topological polar surface area (TPSA) is 101 Å². The normalized spacial score (nSPS) is 22.6. The van der Waals surface area contributed by atoms with E-state index in [4.69, 9.17) is 5.11 Å². The van der Waals surface area contributed by atoms with Gasteiger partial charge in [-0.1, -0.05) is 12.2 Å². The van der Waals surface area contributed by atoms with Gasteiger partial charge in [0, 0.05) is 18.3 Å². The molecule has 20 heavy (non-hydrogen) atoms. The lowest BCUT2D eigenvalue weighted by molar-refractivity contribution is -0.140. The Bertz CT molecular complexity index is 633. The van der Waals surface area contributed by atoms with Crippen LogP contribution in [0.4, 0.5) is 0 Å². The molecule has 0 spiro atoms. The molecule has 1 aliphatic carbocycles. The van der Waals surface area contributed by atoms with Crippen LogP contribution in [0.25, 0.3) is 0 Å². The first-order valence-corrected chi connectivity index (χ1v) is 7.75. The van der Waals surface area contributed by atoms with Crippen molar-refractivity contribution in [3.63, 3.8) is 0 Å². The maximum atomic E-state index is 12.2. The van der Waals surface area contributed by atoms with Crippen LogP contribution in [0.3, 0.4) is 0 Å². The molecule has 1 heterocycles. The van der Waals surface area contributed by atoms with Crippen molar-refractivity contribution in [2.45, 2.75) is 37.2 Å². The van der Waals surface area contributed by atoms with Crippen molar-refractivity contribution in [3.8, 4) is 0 Å². The average Bonchev–Trinajstić information content (AvgIpc) is 2.95. The smallest absolute Gasteiger partial charge is 0.310 e. The standard InChI is InChI=1S/C12H17N3O4S/c1-8(2)15-7-11(6-13-15)20(18,19)14-10-4-3-9(5-10)12(16)17/h3-4,6-10,14H,5H2,1-2H3,(H,16,17). The molecule has 0 bridgehead atoms. The number of aliphatic carboxylic acids is 1. The van der Waals surface area contributed by atoms with Gasteiger partial charge in [0.05, 0.1) is 12.1 Å². The monoisotopic (exact) mass is 299 g/mol. The first kappa shape index (κ1) is 14.7. The van der Waals surface area contributed by atoms with E-state index in [9.17, 15) is 13.2 Å². The molecule has 0 aromatic carbocycles. The Hall–Kier alpha value is -1.67. The lowest BCUT2D eigenvalue weighted by Crippen LogP contribution is -2.33. The van der Waals surface area contributed by atoms with Crippen molar-refractivity contribution in [1.82, 2.24) is 14.5 Å². The summed E-state index contributed by atoms with van der Waals surface area (Å²) in [4.78, 5) is 10.9. The van der Waals surface area contributed by atoms with Gasteiger partial charge in [-0.15, -0.1) is 0 Å². The van der Waals surface area contributed by atoms with Gasteiger partial charge in [-0.25, -0.2) is 13.1 Å². The highest BCUT2D eigenvalue weighted by Crippen LogP contribution is 2.20. The van der Waals surface area contributed by atoms with Gasteiger partial charge in [-0.05, 0) is 20.3 Å². The van der Waals surface area contributed by atoms with Crippen molar-refractivity contribution < 1.29 is 18.3 Å². The van der Waals surface area contributed by atoms with Crippen LogP contribution < -0.4 is 4.72 Å². The second kappa shape index (κ2) is 5.37. The van der Waals surface area contributed by atoms with E-state index in [1.54, 1.807) is 10.8 Å². The average molecular weight is 299 g/mol. The quantitative estimate of drug-likeness (QED) is 0.782. The molecule has 0 amide bonds. The third kappa shape index (κ3) is 3.07. The number of nitrogens with zero attached hydrogens (tertiary/aromatic N) is 2. The number of hydrogen-bond donors (Lipinski definition) is 2. The molecular weight excluding hydrogens is 282 g/mol. The first-order chi connectivity index (χ1) is 9.29. The van der Waals surface area contributed by atoms with E-state index in [0.29, 0.717) is 0 Å². The number of carbonyl (C=O) groups is 1. The van der Waals surface area contributed by atoms with E-state index in [1.807, 2.05) is 13.8 Å². The molecule has 2 unspecified atom stereocenters. The molecular formula is C12H17N3O4S. The second-order valence-corrected chi connectivity index (χ2v) is 6.76. The molecule has 2 N–H and O–H groups in total. The number of carboxylic acid groups (broad SMARTS) is 1. The second-order valence-electron chi connectivity index (χ2n) is 5.04. The molecule has 1 aromatic heterocycles. The summed E-state index contributed by atoms with van der Waals surface area (Å²) in [6.07, 6.45) is 6.05. The summed E-state index contributed by atoms with van der Waals surface area (Å²) in [6.45, 7) is 3.79. The Kier molecular flexibility index (Phi) is 3.96. The molecule has 7 nitrogen and oxygen atoms in total. The van der Waals surface area contributed by atoms with Gasteiger partial charge in [-0.2, -0.15) is 5.10 Å². The minimum atomic E-state index is -3.68. The Morgan fingerprint density at radius 1 is 1.50 bits per heavy atom. The number of rotatable bonds is 5. The maximum absolute atomic E-state index is 12.2. The third-order valence-electron chi connectivity index (χ3n) is 3.12. The largest absolute Gasteiger partial charge is 0.481 e. The van der Waals surface area contributed by atoms with Crippen LogP contribution in [0.15, 0.2) is 29.4 Å². The Labute approximate surface area is 117 Å². The number of nitrogens with one attached hydrogen (secondary N) is 1. The van der Waals surface area contributed by atoms with Crippen molar-refractivity contribution in [2.75, 3.05) is 0 Å². The van der Waals surface area contributed by atoms with E-state index in [-0.39, 0.29) is 17.4 Å². The molecule has 110 valence electrons. The first-order valence-electron chi connectivity index (χ1n) is 6.27. The zero-order valence-electron chi connectivity index (χ0n) is 11.2. The van der Waals surface area contributed by atoms with Gasteiger partial charge in [0.15, 0.2) is 0 Å². The Morgan fingerprint density at radius 2 is 2.20 bits per heavy atom. The van der Waals surface area contributed by atoms with Crippen LogP contribution in [0.2, 0.25) is 0 Å². The number of carboxylic acids is 1.